The van der Waals surface area contributed by atoms with Gasteiger partial charge >= 0.3 is 0 Å². The van der Waals surface area contributed by atoms with Crippen LogP contribution < -0.4 is 10.2 Å². The molecule has 22 heavy (non-hydrogen) atoms. The smallest absolute Gasteiger partial charge is 0.147 e. The van der Waals surface area contributed by atoms with Crippen LogP contribution in [-0.4, -0.2) is 31.2 Å². The van der Waals surface area contributed by atoms with Gasteiger partial charge in [0.15, 0.2) is 0 Å². The van der Waals surface area contributed by atoms with Gasteiger partial charge in [0.2, 0.25) is 0 Å². The Morgan fingerprint density at radius 2 is 1.91 bits per heavy atom. The second-order valence-corrected chi connectivity index (χ2v) is 6.71. The van der Waals surface area contributed by atoms with Gasteiger partial charge in [-0.2, -0.15) is 5.26 Å². The molecule has 0 aliphatic carbocycles. The van der Waals surface area contributed by atoms with E-state index in [9.17, 15) is 0 Å². The Bertz CT molecular complexity index is 516. The summed E-state index contributed by atoms with van der Waals surface area (Å²) in [6, 6.07) is 6.02. The van der Waals surface area contributed by atoms with Gasteiger partial charge in [0.25, 0.3) is 0 Å². The SMILES string of the molecule is C1CCCNCC1.N#Cc1cccnc1C12CCC[NH+]1CC2. The van der Waals surface area contributed by atoms with E-state index in [-0.39, 0.29) is 5.54 Å². The van der Waals surface area contributed by atoms with Gasteiger partial charge in [-0.3, -0.25) is 4.98 Å². The molecule has 2 N–H and O–H groups in total. The Balaban J connectivity index is 0.000000174. The number of fused-ring (bicyclic) bond motifs is 1. The van der Waals surface area contributed by atoms with Gasteiger partial charge in [-0.15, -0.1) is 0 Å². The predicted octanol–water partition coefficient (Wildman–Crippen LogP) is 1.38. The molecule has 3 fully saturated rings. The molecule has 0 saturated carbocycles. The molecule has 4 heteroatoms. The highest BCUT2D eigenvalue weighted by Crippen LogP contribution is 2.34. The summed E-state index contributed by atoms with van der Waals surface area (Å²) in [5.41, 5.74) is 2.02. The maximum Gasteiger partial charge on any atom is 0.147 e. The zero-order chi connectivity index (χ0) is 15.3. The molecule has 3 aliphatic rings. The van der Waals surface area contributed by atoms with Gasteiger partial charge in [0.1, 0.15) is 17.3 Å². The van der Waals surface area contributed by atoms with Crippen LogP contribution in [0.2, 0.25) is 0 Å². The van der Waals surface area contributed by atoms with E-state index in [2.05, 4.69) is 16.4 Å². The zero-order valence-electron chi connectivity index (χ0n) is 13.4. The third-order valence-electron chi connectivity index (χ3n) is 5.45. The maximum atomic E-state index is 9.10. The van der Waals surface area contributed by atoms with Crippen LogP contribution in [0.25, 0.3) is 0 Å². The van der Waals surface area contributed by atoms with Gasteiger partial charge in [-0.1, -0.05) is 12.8 Å². The van der Waals surface area contributed by atoms with Crippen molar-refractivity contribution in [3.8, 4) is 6.07 Å². The molecule has 4 heterocycles. The minimum absolute atomic E-state index is 0.201. The van der Waals surface area contributed by atoms with Gasteiger partial charge in [0, 0.05) is 19.0 Å². The second kappa shape index (κ2) is 7.21. The Labute approximate surface area is 133 Å². The average molecular weight is 299 g/mol. The van der Waals surface area contributed by atoms with Crippen LogP contribution in [-0.2, 0) is 5.54 Å². The molecule has 0 bridgehead atoms. The van der Waals surface area contributed by atoms with Crippen LogP contribution in [0.3, 0.4) is 0 Å². The normalized spacial score (nSPS) is 30.0. The first kappa shape index (κ1) is 15.5. The molecule has 2 atom stereocenters. The van der Waals surface area contributed by atoms with Crippen molar-refractivity contribution < 1.29 is 4.90 Å². The van der Waals surface area contributed by atoms with Gasteiger partial charge < -0.3 is 10.2 Å². The Morgan fingerprint density at radius 3 is 2.55 bits per heavy atom. The van der Waals surface area contributed by atoms with E-state index < -0.39 is 0 Å². The molecule has 3 saturated heterocycles. The standard InChI is InChI=1S/C12H13N3.C6H13N/c13-9-10-3-1-6-14-11(10)12-4-2-7-15(12)8-5-12;1-2-4-6-7-5-3-1/h1,3,6H,2,4-5,7-8H2;7H,1-6H2/p+1. The van der Waals surface area contributed by atoms with Crippen LogP contribution >= 0.6 is 0 Å². The van der Waals surface area contributed by atoms with Crippen molar-refractivity contribution in [2.75, 3.05) is 26.2 Å². The molecule has 0 amide bonds. The quantitative estimate of drug-likeness (QED) is 0.824. The summed E-state index contributed by atoms with van der Waals surface area (Å²) >= 11 is 0. The van der Waals surface area contributed by atoms with E-state index in [1.807, 2.05) is 18.3 Å². The Morgan fingerprint density at radius 1 is 1.09 bits per heavy atom. The summed E-state index contributed by atoms with van der Waals surface area (Å²) in [5.74, 6) is 0. The summed E-state index contributed by atoms with van der Waals surface area (Å²) in [5, 5.41) is 12.5. The first-order valence-corrected chi connectivity index (χ1v) is 8.78. The highest BCUT2D eigenvalue weighted by Gasteiger charge is 2.56. The molecule has 4 nitrogen and oxygen atoms in total. The maximum absolute atomic E-state index is 9.10. The van der Waals surface area contributed by atoms with Crippen LogP contribution in [0, 0.1) is 11.3 Å². The number of hydrogen-bond donors (Lipinski definition) is 2. The number of aromatic nitrogens is 1. The van der Waals surface area contributed by atoms with Gasteiger partial charge in [-0.25, -0.2) is 0 Å². The molecule has 4 rings (SSSR count). The second-order valence-electron chi connectivity index (χ2n) is 6.71. The molecule has 1 aromatic heterocycles. The van der Waals surface area contributed by atoms with E-state index in [0.29, 0.717) is 0 Å². The van der Waals surface area contributed by atoms with E-state index in [4.69, 9.17) is 5.26 Å². The van der Waals surface area contributed by atoms with E-state index in [1.165, 1.54) is 71.1 Å². The highest BCUT2D eigenvalue weighted by atomic mass is 15.3. The lowest BCUT2D eigenvalue weighted by Crippen LogP contribution is -3.23. The number of nitrogens with zero attached hydrogens (tertiary/aromatic N) is 2. The topological polar surface area (TPSA) is 53.1 Å². The molecule has 0 radical (unpaired) electrons. The van der Waals surface area contributed by atoms with Crippen molar-refractivity contribution >= 4 is 0 Å². The zero-order valence-corrected chi connectivity index (χ0v) is 13.4. The van der Waals surface area contributed by atoms with Crippen molar-refractivity contribution in [3.05, 3.63) is 29.6 Å². The lowest BCUT2D eigenvalue weighted by molar-refractivity contribution is -0.992. The third-order valence-corrected chi connectivity index (χ3v) is 5.45. The lowest BCUT2D eigenvalue weighted by Gasteiger charge is -2.43. The number of pyridine rings is 1. The monoisotopic (exact) mass is 299 g/mol. The van der Waals surface area contributed by atoms with E-state index in [1.54, 1.807) is 4.90 Å². The molecule has 2 unspecified atom stereocenters. The van der Waals surface area contributed by atoms with E-state index in [0.717, 1.165) is 11.3 Å². The predicted molar refractivity (Wildman–Crippen MR) is 86.5 cm³/mol. The van der Waals surface area contributed by atoms with Crippen LogP contribution in [0.5, 0.6) is 0 Å². The molecular formula is C18H27N4+. The van der Waals surface area contributed by atoms with Crippen molar-refractivity contribution in [1.29, 1.82) is 5.26 Å². The van der Waals surface area contributed by atoms with Crippen molar-refractivity contribution in [2.45, 2.75) is 50.5 Å². The van der Waals surface area contributed by atoms with Gasteiger partial charge in [0.05, 0.1) is 25.1 Å². The fraction of sp³-hybridized carbons (Fsp3) is 0.667. The molecule has 118 valence electrons. The number of hydrogen-bond acceptors (Lipinski definition) is 3. The lowest BCUT2D eigenvalue weighted by atomic mass is 9.80. The number of quaternary nitrogens is 1. The average Bonchev–Trinajstić information content (AvgIpc) is 2.78. The van der Waals surface area contributed by atoms with Crippen molar-refractivity contribution in [1.82, 2.24) is 10.3 Å². The first-order valence-electron chi connectivity index (χ1n) is 8.78. The van der Waals surface area contributed by atoms with Crippen LogP contribution in [0.15, 0.2) is 18.3 Å². The van der Waals surface area contributed by atoms with Crippen LogP contribution in [0.1, 0.15) is 56.2 Å². The first-order chi connectivity index (χ1) is 10.9. The molecule has 3 aliphatic heterocycles. The summed E-state index contributed by atoms with van der Waals surface area (Å²) < 4.78 is 0. The molecule has 0 spiro atoms. The minimum atomic E-state index is 0.201. The minimum Gasteiger partial charge on any atom is -0.325 e. The Kier molecular flexibility index (Phi) is 5.07. The number of rotatable bonds is 1. The molecule has 0 aromatic carbocycles. The van der Waals surface area contributed by atoms with E-state index >= 15 is 0 Å². The number of nitrogens with one attached hydrogen (secondary N) is 2. The Hall–Kier alpha value is -1.44. The fourth-order valence-electron chi connectivity index (χ4n) is 4.13. The van der Waals surface area contributed by atoms with Crippen molar-refractivity contribution in [2.24, 2.45) is 0 Å². The molecule has 1 aromatic rings. The van der Waals surface area contributed by atoms with Gasteiger partial charge in [-0.05, 0) is 38.1 Å². The third kappa shape index (κ3) is 3.02. The largest absolute Gasteiger partial charge is 0.325 e. The summed E-state index contributed by atoms with van der Waals surface area (Å²) in [6.45, 7) is 5.00. The summed E-state index contributed by atoms with van der Waals surface area (Å²) in [4.78, 5) is 6.10. The number of nitriles is 1. The van der Waals surface area contributed by atoms with Crippen LogP contribution in [0.4, 0.5) is 0 Å². The van der Waals surface area contributed by atoms with Crippen molar-refractivity contribution in [3.63, 3.8) is 0 Å². The summed E-state index contributed by atoms with van der Waals surface area (Å²) in [6.07, 6.45) is 11.2. The fourth-order valence-corrected chi connectivity index (χ4v) is 4.13. The highest BCUT2D eigenvalue weighted by molar-refractivity contribution is 5.37. The summed E-state index contributed by atoms with van der Waals surface area (Å²) in [7, 11) is 0. The molecular weight excluding hydrogens is 272 g/mol.